The Kier molecular flexibility index (Phi) is 4.59. The van der Waals surface area contributed by atoms with Crippen LogP contribution in [0.3, 0.4) is 0 Å². The van der Waals surface area contributed by atoms with Crippen LogP contribution in [-0.2, 0) is 21.5 Å². The molecule has 3 rings (SSSR count). The highest BCUT2D eigenvalue weighted by Crippen LogP contribution is 2.46. The molecule has 0 unspecified atom stereocenters. The standard InChI is InChI=1S/C19H16F3NO4/c1-18(10-16(24)25)14-9-13(27-19(20,21)22)7-8-15(14)23(17(18)26)11-12-5-3-2-4-6-12/h2-9H,10-11H2,1H3,(H,24,25)/t18-/m1/s1. The Balaban J connectivity index is 2.05. The molecule has 0 bridgehead atoms. The van der Waals surface area contributed by atoms with Crippen molar-refractivity contribution in [2.75, 3.05) is 4.90 Å². The molecule has 0 saturated heterocycles. The van der Waals surface area contributed by atoms with Crippen LogP contribution in [0.5, 0.6) is 5.75 Å². The first-order chi connectivity index (χ1) is 12.6. The molecule has 1 aliphatic heterocycles. The highest BCUT2D eigenvalue weighted by atomic mass is 19.4. The molecule has 1 heterocycles. The molecule has 2 aromatic rings. The van der Waals surface area contributed by atoms with Crippen LogP contribution in [0.4, 0.5) is 18.9 Å². The SMILES string of the molecule is C[C@]1(CC(=O)O)C(=O)N(Cc2ccccc2)c2ccc(OC(F)(F)F)cc21. The largest absolute Gasteiger partial charge is 0.573 e. The van der Waals surface area contributed by atoms with E-state index in [0.717, 1.165) is 17.7 Å². The topological polar surface area (TPSA) is 66.8 Å². The number of amides is 1. The van der Waals surface area contributed by atoms with E-state index in [1.807, 2.05) is 6.07 Å². The first-order valence-corrected chi connectivity index (χ1v) is 8.08. The van der Waals surface area contributed by atoms with Gasteiger partial charge in [0.15, 0.2) is 0 Å². The van der Waals surface area contributed by atoms with Crippen molar-refractivity contribution < 1.29 is 32.6 Å². The molecule has 0 saturated carbocycles. The second-order valence-corrected chi connectivity index (χ2v) is 6.51. The summed E-state index contributed by atoms with van der Waals surface area (Å²) in [6.45, 7) is 1.60. The molecule has 0 fully saturated rings. The first-order valence-electron chi connectivity index (χ1n) is 8.08. The van der Waals surface area contributed by atoms with Crippen LogP contribution in [0.1, 0.15) is 24.5 Å². The molecule has 2 aromatic carbocycles. The summed E-state index contributed by atoms with van der Waals surface area (Å²) in [4.78, 5) is 25.7. The van der Waals surface area contributed by atoms with Crippen molar-refractivity contribution in [1.29, 1.82) is 0 Å². The fraction of sp³-hybridized carbons (Fsp3) is 0.263. The van der Waals surface area contributed by atoms with Gasteiger partial charge in [0.25, 0.3) is 0 Å². The number of benzene rings is 2. The van der Waals surface area contributed by atoms with Crippen molar-refractivity contribution in [1.82, 2.24) is 0 Å². The minimum atomic E-state index is -4.89. The third-order valence-electron chi connectivity index (χ3n) is 4.49. The van der Waals surface area contributed by atoms with Gasteiger partial charge in [-0.05, 0) is 36.2 Å². The second-order valence-electron chi connectivity index (χ2n) is 6.51. The zero-order valence-corrected chi connectivity index (χ0v) is 14.3. The number of fused-ring (bicyclic) bond motifs is 1. The maximum atomic E-state index is 13.0. The van der Waals surface area contributed by atoms with Gasteiger partial charge in [-0.3, -0.25) is 9.59 Å². The van der Waals surface area contributed by atoms with Crippen molar-refractivity contribution in [2.45, 2.75) is 31.7 Å². The van der Waals surface area contributed by atoms with E-state index < -0.39 is 35.8 Å². The molecule has 1 N–H and O–H groups in total. The molecule has 1 amide bonds. The summed E-state index contributed by atoms with van der Waals surface area (Å²) in [6, 6.07) is 12.6. The number of alkyl halides is 3. The second kappa shape index (κ2) is 6.61. The number of halogens is 3. The number of carboxylic acid groups (broad SMARTS) is 1. The molecule has 8 heteroatoms. The third-order valence-corrected chi connectivity index (χ3v) is 4.49. The molecule has 0 radical (unpaired) electrons. The van der Waals surface area contributed by atoms with Crippen LogP contribution in [0, 0.1) is 0 Å². The molecule has 0 aliphatic carbocycles. The Morgan fingerprint density at radius 1 is 1.19 bits per heavy atom. The van der Waals surface area contributed by atoms with Crippen LogP contribution < -0.4 is 9.64 Å². The average molecular weight is 379 g/mol. The van der Waals surface area contributed by atoms with E-state index in [1.54, 1.807) is 24.3 Å². The lowest BCUT2D eigenvalue weighted by atomic mass is 9.80. The number of nitrogens with zero attached hydrogens (tertiary/aromatic N) is 1. The van der Waals surface area contributed by atoms with E-state index in [0.29, 0.717) is 5.69 Å². The summed E-state index contributed by atoms with van der Waals surface area (Å²) in [5, 5.41) is 9.23. The maximum Gasteiger partial charge on any atom is 0.573 e. The van der Waals surface area contributed by atoms with Crippen LogP contribution >= 0.6 is 0 Å². The van der Waals surface area contributed by atoms with Gasteiger partial charge in [0, 0.05) is 5.69 Å². The Morgan fingerprint density at radius 2 is 1.85 bits per heavy atom. The first kappa shape index (κ1) is 18.8. The fourth-order valence-electron chi connectivity index (χ4n) is 3.31. The van der Waals surface area contributed by atoms with Crippen molar-refractivity contribution in [3.8, 4) is 5.75 Å². The molecule has 27 heavy (non-hydrogen) atoms. The highest BCUT2D eigenvalue weighted by molar-refractivity contribution is 6.09. The highest BCUT2D eigenvalue weighted by Gasteiger charge is 2.49. The summed E-state index contributed by atoms with van der Waals surface area (Å²) in [5.74, 6) is -2.19. The van der Waals surface area contributed by atoms with E-state index in [9.17, 15) is 27.9 Å². The lowest BCUT2D eigenvalue weighted by Gasteiger charge is -2.23. The summed E-state index contributed by atoms with van der Waals surface area (Å²) in [5.41, 5.74) is -0.0947. The van der Waals surface area contributed by atoms with Gasteiger partial charge >= 0.3 is 12.3 Å². The smallest absolute Gasteiger partial charge is 0.481 e. The van der Waals surface area contributed by atoms with E-state index in [2.05, 4.69) is 4.74 Å². The molecule has 5 nitrogen and oxygen atoms in total. The Hall–Kier alpha value is -3.03. The Labute approximate surface area is 153 Å². The minimum Gasteiger partial charge on any atom is -0.481 e. The number of hydrogen-bond acceptors (Lipinski definition) is 3. The number of aliphatic carboxylic acids is 1. The summed E-state index contributed by atoms with van der Waals surface area (Å²) in [7, 11) is 0. The van der Waals surface area contributed by atoms with Gasteiger partial charge in [0.1, 0.15) is 5.75 Å². The van der Waals surface area contributed by atoms with E-state index in [1.165, 1.54) is 17.9 Å². The number of carboxylic acids is 1. The Bertz CT molecular complexity index is 882. The lowest BCUT2D eigenvalue weighted by molar-refractivity contribution is -0.274. The number of carbonyl (C=O) groups is 2. The number of ether oxygens (including phenoxy) is 1. The van der Waals surface area contributed by atoms with Gasteiger partial charge in [-0.15, -0.1) is 13.2 Å². The van der Waals surface area contributed by atoms with E-state index in [4.69, 9.17) is 0 Å². The number of anilines is 1. The van der Waals surface area contributed by atoms with Crippen LogP contribution in [0.25, 0.3) is 0 Å². The lowest BCUT2D eigenvalue weighted by Crippen LogP contribution is -2.39. The number of hydrogen-bond donors (Lipinski definition) is 1. The maximum absolute atomic E-state index is 13.0. The third kappa shape index (κ3) is 3.74. The zero-order valence-electron chi connectivity index (χ0n) is 14.3. The number of rotatable bonds is 5. The average Bonchev–Trinajstić information content (AvgIpc) is 2.76. The predicted octanol–water partition coefficient (Wildman–Crippen LogP) is 3.86. The summed E-state index contributed by atoms with van der Waals surface area (Å²) < 4.78 is 41.6. The fourth-order valence-corrected chi connectivity index (χ4v) is 3.31. The molecule has 142 valence electrons. The Morgan fingerprint density at radius 3 is 2.44 bits per heavy atom. The van der Waals surface area contributed by atoms with Gasteiger partial charge in [-0.2, -0.15) is 0 Å². The van der Waals surface area contributed by atoms with E-state index >= 15 is 0 Å². The van der Waals surface area contributed by atoms with Crippen LogP contribution in [-0.4, -0.2) is 23.3 Å². The summed E-state index contributed by atoms with van der Waals surface area (Å²) in [6.07, 6.45) is -5.43. The molecule has 1 atom stereocenters. The van der Waals surface area contributed by atoms with Crippen molar-refractivity contribution >= 4 is 17.6 Å². The van der Waals surface area contributed by atoms with E-state index in [-0.39, 0.29) is 12.1 Å². The molecule has 0 aromatic heterocycles. The van der Waals surface area contributed by atoms with Gasteiger partial charge in [-0.25, -0.2) is 0 Å². The van der Waals surface area contributed by atoms with Crippen molar-refractivity contribution in [3.05, 3.63) is 59.7 Å². The zero-order chi connectivity index (χ0) is 19.8. The van der Waals surface area contributed by atoms with Gasteiger partial charge < -0.3 is 14.7 Å². The monoisotopic (exact) mass is 379 g/mol. The predicted molar refractivity (Wildman–Crippen MR) is 90.4 cm³/mol. The van der Waals surface area contributed by atoms with Crippen LogP contribution in [0.15, 0.2) is 48.5 Å². The molecular weight excluding hydrogens is 363 g/mol. The molecule has 0 spiro atoms. The van der Waals surface area contributed by atoms with Crippen molar-refractivity contribution in [2.24, 2.45) is 0 Å². The summed E-state index contributed by atoms with van der Waals surface area (Å²) >= 11 is 0. The minimum absolute atomic E-state index is 0.182. The van der Waals surface area contributed by atoms with Gasteiger partial charge in [0.05, 0.1) is 18.4 Å². The molecular formula is C19H16F3NO4. The molecule has 1 aliphatic rings. The van der Waals surface area contributed by atoms with Gasteiger partial charge in [-0.1, -0.05) is 30.3 Å². The normalized spacial score (nSPS) is 19.1. The van der Waals surface area contributed by atoms with Crippen LogP contribution in [0.2, 0.25) is 0 Å². The number of carbonyl (C=O) groups excluding carboxylic acids is 1. The quantitative estimate of drug-likeness (QED) is 0.857. The van der Waals surface area contributed by atoms with Crippen molar-refractivity contribution in [3.63, 3.8) is 0 Å². The van der Waals surface area contributed by atoms with Gasteiger partial charge in [0.2, 0.25) is 5.91 Å².